The molecule has 2 aliphatic heterocycles. The minimum absolute atomic E-state index is 0.243. The van der Waals surface area contributed by atoms with Crippen molar-refractivity contribution in [2.75, 3.05) is 19.7 Å². The third-order valence-corrected chi connectivity index (χ3v) is 3.50. The Bertz CT molecular complexity index is 547. The smallest absolute Gasteiger partial charge is 0.259 e. The maximum atomic E-state index is 12.3. The molecule has 0 saturated carbocycles. The molecule has 1 saturated heterocycles. The molecule has 2 amide bonds. The zero-order valence-electron chi connectivity index (χ0n) is 11.0. The van der Waals surface area contributed by atoms with Crippen LogP contribution in [0.25, 0.3) is 0 Å². The van der Waals surface area contributed by atoms with Crippen molar-refractivity contribution in [1.82, 2.24) is 10.2 Å². The molecule has 5 heteroatoms. The van der Waals surface area contributed by atoms with Crippen LogP contribution in [-0.2, 0) is 20.9 Å². The van der Waals surface area contributed by atoms with Crippen LogP contribution in [0.4, 0.5) is 0 Å². The van der Waals surface area contributed by atoms with E-state index in [1.165, 1.54) is 11.0 Å². The summed E-state index contributed by atoms with van der Waals surface area (Å²) in [6.45, 7) is 2.21. The standard InChI is InChI=1S/C15H16N2O3/c18-14-8-12(13-9-16-6-7-20-13)15(19)17(14)10-11-4-2-1-3-5-11/h1-5,8,13,16H,6-7,9-10H2. The van der Waals surface area contributed by atoms with Crippen molar-refractivity contribution < 1.29 is 14.3 Å². The highest BCUT2D eigenvalue weighted by atomic mass is 16.5. The Hall–Kier alpha value is -1.98. The summed E-state index contributed by atoms with van der Waals surface area (Å²) in [7, 11) is 0. The summed E-state index contributed by atoms with van der Waals surface area (Å²) in [5.41, 5.74) is 1.39. The van der Waals surface area contributed by atoms with E-state index in [9.17, 15) is 9.59 Å². The van der Waals surface area contributed by atoms with Crippen molar-refractivity contribution in [2.24, 2.45) is 0 Å². The molecular formula is C15H16N2O3. The third kappa shape index (κ3) is 2.50. The molecule has 1 unspecified atom stereocenters. The molecule has 2 heterocycles. The first-order valence-electron chi connectivity index (χ1n) is 6.69. The molecule has 1 N–H and O–H groups in total. The zero-order chi connectivity index (χ0) is 13.9. The first-order valence-corrected chi connectivity index (χ1v) is 6.69. The normalized spacial score (nSPS) is 23.1. The fourth-order valence-electron chi connectivity index (χ4n) is 2.44. The third-order valence-electron chi connectivity index (χ3n) is 3.50. The predicted octanol–water partition coefficient (Wildman–Crippen LogP) is 0.470. The maximum Gasteiger partial charge on any atom is 0.259 e. The highest BCUT2D eigenvalue weighted by molar-refractivity contribution is 6.16. The van der Waals surface area contributed by atoms with E-state index in [4.69, 9.17) is 4.74 Å². The molecule has 5 nitrogen and oxygen atoms in total. The molecule has 104 valence electrons. The van der Waals surface area contributed by atoms with Crippen LogP contribution in [0.1, 0.15) is 5.56 Å². The number of hydrogen-bond donors (Lipinski definition) is 1. The van der Waals surface area contributed by atoms with Gasteiger partial charge in [0.15, 0.2) is 0 Å². The SMILES string of the molecule is O=C1C=C(C2CNCCO2)C(=O)N1Cc1ccccc1. The quantitative estimate of drug-likeness (QED) is 0.813. The number of rotatable bonds is 3. The van der Waals surface area contributed by atoms with Gasteiger partial charge in [-0.1, -0.05) is 30.3 Å². The first kappa shape index (κ1) is 13.0. The van der Waals surface area contributed by atoms with E-state index in [2.05, 4.69) is 5.32 Å². The first-order chi connectivity index (χ1) is 9.75. The molecule has 1 fully saturated rings. The van der Waals surface area contributed by atoms with Gasteiger partial charge >= 0.3 is 0 Å². The van der Waals surface area contributed by atoms with Crippen LogP contribution in [-0.4, -0.2) is 42.5 Å². The van der Waals surface area contributed by atoms with E-state index in [-0.39, 0.29) is 17.9 Å². The average molecular weight is 272 g/mol. The van der Waals surface area contributed by atoms with E-state index in [1.807, 2.05) is 30.3 Å². The largest absolute Gasteiger partial charge is 0.371 e. The molecule has 0 bridgehead atoms. The van der Waals surface area contributed by atoms with Gasteiger partial charge < -0.3 is 10.1 Å². The number of amides is 2. The highest BCUT2D eigenvalue weighted by Crippen LogP contribution is 2.21. The molecule has 1 atom stereocenters. The second-order valence-electron chi connectivity index (χ2n) is 4.88. The van der Waals surface area contributed by atoms with Crippen LogP contribution < -0.4 is 5.32 Å². The van der Waals surface area contributed by atoms with E-state index in [0.29, 0.717) is 25.3 Å². The highest BCUT2D eigenvalue weighted by Gasteiger charge is 2.36. The summed E-state index contributed by atoms with van der Waals surface area (Å²) in [5, 5.41) is 3.16. The summed E-state index contributed by atoms with van der Waals surface area (Å²) >= 11 is 0. The number of carbonyl (C=O) groups excluding carboxylic acids is 2. The van der Waals surface area contributed by atoms with E-state index in [0.717, 1.165) is 12.1 Å². The predicted molar refractivity (Wildman–Crippen MR) is 72.7 cm³/mol. The number of morpholine rings is 1. The van der Waals surface area contributed by atoms with Gasteiger partial charge in [0.1, 0.15) is 6.10 Å². The minimum atomic E-state index is -0.319. The molecular weight excluding hydrogens is 256 g/mol. The summed E-state index contributed by atoms with van der Waals surface area (Å²) in [6, 6.07) is 9.49. The second kappa shape index (κ2) is 5.56. The lowest BCUT2D eigenvalue weighted by atomic mass is 10.1. The van der Waals surface area contributed by atoms with Gasteiger partial charge in [-0.3, -0.25) is 14.5 Å². The molecule has 0 aliphatic carbocycles. The summed E-state index contributed by atoms with van der Waals surface area (Å²) in [5.74, 6) is -0.504. The molecule has 0 spiro atoms. The average Bonchev–Trinajstić information content (AvgIpc) is 2.77. The van der Waals surface area contributed by atoms with Crippen LogP contribution in [0.2, 0.25) is 0 Å². The molecule has 0 aromatic heterocycles. The van der Waals surface area contributed by atoms with Crippen molar-refractivity contribution in [3.05, 3.63) is 47.5 Å². The van der Waals surface area contributed by atoms with E-state index in [1.54, 1.807) is 0 Å². The van der Waals surface area contributed by atoms with E-state index >= 15 is 0 Å². The Balaban J connectivity index is 1.73. The van der Waals surface area contributed by atoms with E-state index < -0.39 is 0 Å². The van der Waals surface area contributed by atoms with Gasteiger partial charge in [-0.2, -0.15) is 0 Å². The van der Waals surface area contributed by atoms with Crippen LogP contribution in [0, 0.1) is 0 Å². The number of ether oxygens (including phenoxy) is 1. The maximum absolute atomic E-state index is 12.3. The van der Waals surface area contributed by atoms with Crippen molar-refractivity contribution >= 4 is 11.8 Å². The van der Waals surface area contributed by atoms with Crippen molar-refractivity contribution in [3.8, 4) is 0 Å². The van der Waals surface area contributed by atoms with Gasteiger partial charge in [0.25, 0.3) is 11.8 Å². The van der Waals surface area contributed by atoms with Crippen LogP contribution in [0.15, 0.2) is 42.0 Å². The summed E-state index contributed by atoms with van der Waals surface area (Å²) in [4.78, 5) is 25.6. The monoisotopic (exact) mass is 272 g/mol. The zero-order valence-corrected chi connectivity index (χ0v) is 11.0. The van der Waals surface area contributed by atoms with Gasteiger partial charge in [0.2, 0.25) is 0 Å². The summed E-state index contributed by atoms with van der Waals surface area (Å²) in [6.07, 6.45) is 1.09. The second-order valence-corrected chi connectivity index (χ2v) is 4.88. The topological polar surface area (TPSA) is 58.6 Å². The number of nitrogens with one attached hydrogen (secondary N) is 1. The van der Waals surface area contributed by atoms with Gasteiger partial charge in [0.05, 0.1) is 18.7 Å². The Morgan fingerprint density at radius 1 is 1.25 bits per heavy atom. The molecule has 20 heavy (non-hydrogen) atoms. The molecule has 2 aliphatic rings. The lowest BCUT2D eigenvalue weighted by molar-refractivity contribution is -0.138. The van der Waals surface area contributed by atoms with Crippen LogP contribution in [0.3, 0.4) is 0 Å². The van der Waals surface area contributed by atoms with Crippen molar-refractivity contribution in [1.29, 1.82) is 0 Å². The van der Waals surface area contributed by atoms with Gasteiger partial charge in [-0.15, -0.1) is 0 Å². The Kier molecular flexibility index (Phi) is 3.62. The number of imide groups is 1. The summed E-state index contributed by atoms with van der Waals surface area (Å²) < 4.78 is 5.55. The Morgan fingerprint density at radius 3 is 2.75 bits per heavy atom. The van der Waals surface area contributed by atoms with Crippen LogP contribution >= 0.6 is 0 Å². The number of carbonyl (C=O) groups is 2. The molecule has 0 radical (unpaired) electrons. The lowest BCUT2D eigenvalue weighted by Crippen LogP contribution is -2.42. The van der Waals surface area contributed by atoms with Gasteiger partial charge in [0, 0.05) is 19.2 Å². The van der Waals surface area contributed by atoms with Crippen molar-refractivity contribution in [2.45, 2.75) is 12.6 Å². The fraction of sp³-hybridized carbons (Fsp3) is 0.333. The number of nitrogens with zero attached hydrogens (tertiary/aromatic N) is 1. The number of benzene rings is 1. The van der Waals surface area contributed by atoms with Gasteiger partial charge in [-0.25, -0.2) is 0 Å². The Labute approximate surface area is 117 Å². The van der Waals surface area contributed by atoms with Crippen molar-refractivity contribution in [3.63, 3.8) is 0 Å². The fourth-order valence-corrected chi connectivity index (χ4v) is 2.44. The Morgan fingerprint density at radius 2 is 2.05 bits per heavy atom. The molecule has 1 aromatic rings. The van der Waals surface area contributed by atoms with Gasteiger partial charge in [-0.05, 0) is 5.56 Å². The molecule has 3 rings (SSSR count). The molecule has 1 aromatic carbocycles. The number of hydrogen-bond acceptors (Lipinski definition) is 4. The minimum Gasteiger partial charge on any atom is -0.371 e. The van der Waals surface area contributed by atoms with Crippen LogP contribution in [0.5, 0.6) is 0 Å². The lowest BCUT2D eigenvalue weighted by Gasteiger charge is -2.24.